The van der Waals surface area contributed by atoms with Gasteiger partial charge in [0, 0.05) is 36.1 Å². The second-order valence-electron chi connectivity index (χ2n) is 9.52. The molecule has 7 nitrogen and oxygen atoms in total. The fraction of sp³-hybridized carbons (Fsp3) is 0.375. The zero-order valence-electron chi connectivity index (χ0n) is 17.8. The van der Waals surface area contributed by atoms with E-state index in [9.17, 15) is 14.3 Å². The van der Waals surface area contributed by atoms with Crippen molar-refractivity contribution in [3.05, 3.63) is 58.7 Å². The largest absolute Gasteiger partial charge is 0.478 e. The highest BCUT2D eigenvalue weighted by molar-refractivity contribution is 5.95. The number of likely N-dealkylation sites (tertiary alicyclic amines) is 1. The molecule has 0 radical (unpaired) electrons. The second-order valence-corrected chi connectivity index (χ2v) is 9.52. The summed E-state index contributed by atoms with van der Waals surface area (Å²) in [4.78, 5) is 27.3. The monoisotopic (exact) mass is 433 g/mol. The highest BCUT2D eigenvalue weighted by Gasteiger charge is 2.64. The van der Waals surface area contributed by atoms with Gasteiger partial charge in [0.25, 0.3) is 0 Å². The van der Waals surface area contributed by atoms with Crippen LogP contribution in [0.3, 0.4) is 0 Å². The molecule has 3 heterocycles. The number of carbonyl (C=O) groups is 1. The number of aromatic nitrogens is 3. The summed E-state index contributed by atoms with van der Waals surface area (Å²) in [6, 6.07) is 6.17. The minimum Gasteiger partial charge on any atom is -0.478 e. The number of aromatic amines is 1. The standard InChI is InChI=1S/C24H24FN5O2/c1-30-11-23(12-30,24(26)7-8-24)20-17(22(31)32)16-6-5-14-10-27-21(29-18(14)19(16)28-20)13-3-2-4-15(25)9-13/h2-4,9-10,28H,5-8,11-12,26H2,1H3,(H,31,32). The molecule has 0 atom stereocenters. The van der Waals surface area contributed by atoms with Crippen LogP contribution in [-0.4, -0.2) is 56.6 Å². The first kappa shape index (κ1) is 19.6. The Morgan fingerprint density at radius 2 is 2.06 bits per heavy atom. The third-order valence-electron chi connectivity index (χ3n) is 7.45. The van der Waals surface area contributed by atoms with Gasteiger partial charge in [-0.2, -0.15) is 0 Å². The van der Waals surface area contributed by atoms with Crippen LogP contribution in [0.15, 0.2) is 30.5 Å². The molecule has 0 unspecified atom stereocenters. The number of benzene rings is 1. The predicted octanol–water partition coefficient (Wildman–Crippen LogP) is 2.75. The summed E-state index contributed by atoms with van der Waals surface area (Å²) in [6.45, 7) is 1.46. The fourth-order valence-corrected chi connectivity index (χ4v) is 5.63. The van der Waals surface area contributed by atoms with E-state index in [0.717, 1.165) is 48.4 Å². The number of fused-ring (bicyclic) bond motifs is 3. The smallest absolute Gasteiger partial charge is 0.337 e. The van der Waals surface area contributed by atoms with Gasteiger partial charge in [0.05, 0.1) is 22.4 Å². The number of halogens is 1. The number of likely N-dealkylation sites (N-methyl/N-ethyl adjacent to an activating group) is 1. The summed E-state index contributed by atoms with van der Waals surface area (Å²) in [5.41, 5.74) is 10.8. The van der Waals surface area contributed by atoms with E-state index in [-0.39, 0.29) is 11.4 Å². The number of carboxylic acids is 1. The molecule has 2 fully saturated rings. The van der Waals surface area contributed by atoms with Crippen molar-refractivity contribution in [3.63, 3.8) is 0 Å². The molecule has 164 valence electrons. The number of H-pyrrole nitrogens is 1. The van der Waals surface area contributed by atoms with Gasteiger partial charge < -0.3 is 20.7 Å². The van der Waals surface area contributed by atoms with E-state index in [0.29, 0.717) is 35.5 Å². The Labute approximate surface area is 184 Å². The van der Waals surface area contributed by atoms with Crippen LogP contribution in [0.25, 0.3) is 22.8 Å². The van der Waals surface area contributed by atoms with Crippen molar-refractivity contribution in [2.24, 2.45) is 5.73 Å². The molecule has 3 aliphatic rings. The van der Waals surface area contributed by atoms with Crippen LogP contribution < -0.4 is 5.73 Å². The summed E-state index contributed by atoms with van der Waals surface area (Å²) in [5, 5.41) is 10.2. The summed E-state index contributed by atoms with van der Waals surface area (Å²) in [7, 11) is 2.03. The SMILES string of the molecule is CN1CC(c2[nH]c3c(c2C(=O)O)CCc2cnc(-c4cccc(F)c4)nc2-3)(C2(N)CC2)C1. The van der Waals surface area contributed by atoms with Gasteiger partial charge in [-0.3, -0.25) is 0 Å². The lowest BCUT2D eigenvalue weighted by Crippen LogP contribution is -2.68. The van der Waals surface area contributed by atoms with Gasteiger partial charge in [0.1, 0.15) is 5.82 Å². The zero-order valence-corrected chi connectivity index (χ0v) is 17.8. The third kappa shape index (κ3) is 2.63. The van der Waals surface area contributed by atoms with Crippen LogP contribution in [-0.2, 0) is 18.3 Å². The molecule has 0 bridgehead atoms. The molecule has 6 rings (SSSR count). The number of nitrogens with zero attached hydrogens (tertiary/aromatic N) is 3. The molecule has 1 saturated carbocycles. The molecule has 2 aliphatic carbocycles. The molecule has 1 aliphatic heterocycles. The second kappa shape index (κ2) is 6.46. The van der Waals surface area contributed by atoms with E-state index in [1.165, 1.54) is 12.1 Å². The first-order chi connectivity index (χ1) is 15.3. The third-order valence-corrected chi connectivity index (χ3v) is 7.45. The Hall–Kier alpha value is -3.10. The van der Waals surface area contributed by atoms with E-state index in [1.807, 2.05) is 7.05 Å². The quantitative estimate of drug-likeness (QED) is 0.584. The Balaban J connectivity index is 1.53. The van der Waals surface area contributed by atoms with E-state index < -0.39 is 11.4 Å². The van der Waals surface area contributed by atoms with Crippen molar-refractivity contribution < 1.29 is 14.3 Å². The van der Waals surface area contributed by atoms with Gasteiger partial charge in [0.2, 0.25) is 0 Å². The minimum absolute atomic E-state index is 0.349. The van der Waals surface area contributed by atoms with Gasteiger partial charge in [-0.05, 0) is 56.0 Å². The van der Waals surface area contributed by atoms with Gasteiger partial charge in [-0.1, -0.05) is 12.1 Å². The summed E-state index contributed by atoms with van der Waals surface area (Å²) < 4.78 is 13.8. The fourth-order valence-electron chi connectivity index (χ4n) is 5.63. The lowest BCUT2D eigenvalue weighted by molar-refractivity contribution is 0.0540. The van der Waals surface area contributed by atoms with Gasteiger partial charge in [0.15, 0.2) is 5.82 Å². The van der Waals surface area contributed by atoms with Gasteiger partial charge in [-0.25, -0.2) is 19.2 Å². The lowest BCUT2D eigenvalue weighted by atomic mass is 9.68. The van der Waals surface area contributed by atoms with Crippen molar-refractivity contribution in [2.75, 3.05) is 20.1 Å². The topological polar surface area (TPSA) is 108 Å². The minimum atomic E-state index is -0.932. The van der Waals surface area contributed by atoms with E-state index >= 15 is 0 Å². The maximum atomic E-state index is 13.8. The average Bonchev–Trinajstić information content (AvgIpc) is 3.37. The molecular weight excluding hydrogens is 409 g/mol. The summed E-state index contributed by atoms with van der Waals surface area (Å²) in [6.07, 6.45) is 4.82. The maximum absolute atomic E-state index is 13.8. The van der Waals surface area contributed by atoms with E-state index in [1.54, 1.807) is 18.3 Å². The predicted molar refractivity (Wildman–Crippen MR) is 117 cm³/mol. The van der Waals surface area contributed by atoms with Crippen LogP contribution in [0.2, 0.25) is 0 Å². The van der Waals surface area contributed by atoms with Crippen LogP contribution in [0.5, 0.6) is 0 Å². The van der Waals surface area contributed by atoms with Crippen molar-refractivity contribution in [3.8, 4) is 22.8 Å². The zero-order chi connectivity index (χ0) is 22.3. The maximum Gasteiger partial charge on any atom is 0.337 e. The average molecular weight is 433 g/mol. The van der Waals surface area contributed by atoms with E-state index in [4.69, 9.17) is 10.7 Å². The number of aromatic carboxylic acids is 1. The first-order valence-electron chi connectivity index (χ1n) is 10.9. The Morgan fingerprint density at radius 3 is 2.72 bits per heavy atom. The number of nitrogens with two attached hydrogens (primary N) is 1. The highest BCUT2D eigenvalue weighted by Crippen LogP contribution is 2.55. The van der Waals surface area contributed by atoms with Crippen LogP contribution in [0.1, 0.15) is 40.0 Å². The molecule has 0 amide bonds. The van der Waals surface area contributed by atoms with Gasteiger partial charge >= 0.3 is 5.97 Å². The first-order valence-corrected chi connectivity index (χ1v) is 10.9. The Kier molecular flexibility index (Phi) is 3.95. The number of hydrogen-bond acceptors (Lipinski definition) is 5. The molecule has 2 aromatic heterocycles. The number of rotatable bonds is 4. The van der Waals surface area contributed by atoms with Crippen LogP contribution in [0.4, 0.5) is 4.39 Å². The Morgan fingerprint density at radius 1 is 1.28 bits per heavy atom. The van der Waals surface area contributed by atoms with E-state index in [2.05, 4.69) is 14.9 Å². The molecule has 1 aromatic carbocycles. The molecule has 8 heteroatoms. The van der Waals surface area contributed by atoms with Crippen molar-refractivity contribution in [2.45, 2.75) is 36.6 Å². The molecule has 1 saturated heterocycles. The van der Waals surface area contributed by atoms with Crippen molar-refractivity contribution >= 4 is 5.97 Å². The summed E-state index contributed by atoms with van der Waals surface area (Å²) in [5.74, 6) is -0.869. The Bertz CT molecular complexity index is 1270. The molecule has 4 N–H and O–H groups in total. The lowest BCUT2D eigenvalue weighted by Gasteiger charge is -2.52. The van der Waals surface area contributed by atoms with Crippen LogP contribution in [0, 0.1) is 5.82 Å². The number of nitrogens with one attached hydrogen (secondary N) is 1. The highest BCUT2D eigenvalue weighted by atomic mass is 19.1. The number of hydrogen-bond donors (Lipinski definition) is 3. The molecule has 32 heavy (non-hydrogen) atoms. The van der Waals surface area contributed by atoms with Gasteiger partial charge in [-0.15, -0.1) is 0 Å². The number of aryl methyl sites for hydroxylation is 1. The molecular formula is C24H24FN5O2. The normalized spacial score (nSPS) is 20.2. The summed E-state index contributed by atoms with van der Waals surface area (Å²) >= 11 is 0. The number of carboxylic acid groups (broad SMARTS) is 1. The molecule has 3 aromatic rings. The van der Waals surface area contributed by atoms with Crippen LogP contribution >= 0.6 is 0 Å². The molecule has 0 spiro atoms. The van der Waals surface area contributed by atoms with Crippen molar-refractivity contribution in [1.29, 1.82) is 0 Å². The van der Waals surface area contributed by atoms with Crippen molar-refractivity contribution in [1.82, 2.24) is 19.9 Å².